The predicted octanol–water partition coefficient (Wildman–Crippen LogP) is -11.3. The summed E-state index contributed by atoms with van der Waals surface area (Å²) in [6.07, 6.45) is -52.7. The molecule has 32 atom stereocenters. The van der Waals surface area contributed by atoms with E-state index in [9.17, 15) is 96.9 Å². The molecule has 0 unspecified atom stereocenters. The Morgan fingerprint density at radius 3 is 0.756 bits per heavy atom. The number of hydrogen-bond donors (Lipinski definition) is 17. The van der Waals surface area contributed by atoms with Gasteiger partial charge in [-0.15, -0.1) is 0 Å². The number of nitrogens with zero attached hydrogens (tertiary/aromatic N) is 1. The van der Waals surface area contributed by atoms with Crippen molar-refractivity contribution in [1.82, 2.24) is 0 Å². The summed E-state index contributed by atoms with van der Waals surface area (Å²) in [5.74, 6) is 0.0871. The molecule has 8 saturated heterocycles. The Labute approximate surface area is 462 Å². The molecule has 8 fully saturated rings. The minimum atomic E-state index is -1.91. The summed E-state index contributed by atoms with van der Waals surface area (Å²) in [7, 11) is 0. The smallest absolute Gasteiger partial charge is 0.269 e. The number of benzene rings is 1. The van der Waals surface area contributed by atoms with Crippen LogP contribution in [-0.2, 0) is 71.1 Å². The Balaban J connectivity index is 0.670. The number of aliphatic hydroxyl groups excluding tert-OH is 17. The standard InChI is InChI=1S/C46H69NO35/c48-15-5-67-40(31(57)23(15)49)76-17-7-69-42(33(59)25(17)51)78-19-9-71-44(35(61)27(19)53)80-21-11-73-46(37(63)29(21)55)82-22-12-74-45(38(64)30(22)56)81-20-10-72-43(36(62)28(20)54)79-18-8-70-41(34(60)26(18)52)77-16-6-68-39(32(58)24(16)50)75-14-3-1-13(2-4-14)47(65)66/h1-4,15-46,48-64H,5-12H2/t15-,16-,17-,18-,19-,20-,21-,22-,23+,24+,25+,26+,27+,28+,29+,30+,31-,32-,33-,34-,35-,36-,37-,38-,39+,40+,41+,42+,43+,44+,45+,46+/m1/s1. The molecule has 9 rings (SSSR count). The van der Waals surface area contributed by atoms with Gasteiger partial charge in [0.1, 0.15) is 152 Å². The second kappa shape index (κ2) is 27.5. The molecular weight excluding hydrogens is 1130 g/mol. The summed E-state index contributed by atoms with van der Waals surface area (Å²) in [5.41, 5.74) is -0.212. The molecule has 0 spiro atoms. The topological polar surface area (TPSA) is 535 Å². The Morgan fingerprint density at radius 1 is 0.305 bits per heavy atom. The second-order valence-electron chi connectivity index (χ2n) is 20.6. The van der Waals surface area contributed by atoms with Crippen LogP contribution in [0.25, 0.3) is 0 Å². The zero-order valence-electron chi connectivity index (χ0n) is 42.8. The molecule has 1 aromatic rings. The van der Waals surface area contributed by atoms with Crippen molar-refractivity contribution in [2.75, 3.05) is 52.9 Å². The Morgan fingerprint density at radius 2 is 0.512 bits per heavy atom. The summed E-state index contributed by atoms with van der Waals surface area (Å²) in [6.45, 7) is -3.87. The highest BCUT2D eigenvalue weighted by Gasteiger charge is 2.53. The van der Waals surface area contributed by atoms with Crippen molar-refractivity contribution in [3.05, 3.63) is 34.4 Å². The second-order valence-corrected chi connectivity index (χ2v) is 20.6. The lowest BCUT2D eigenvalue weighted by Crippen LogP contribution is -2.63. The molecule has 0 radical (unpaired) electrons. The fourth-order valence-electron chi connectivity index (χ4n) is 9.92. The van der Waals surface area contributed by atoms with Gasteiger partial charge in [0.15, 0.2) is 44.0 Å². The SMILES string of the molecule is O=[N+]([O-])c1ccc(O[C@@H]2OC[C@@H](O[C@@H]3OC[C@@H](O[C@@H]4OC[C@@H](O[C@@H]5OC[C@@H](O[C@@H]6OC[C@@H](O[C@@H]7OC[C@@H](O[C@@H]8OC[C@@H](O[C@@H]9OC[C@@H](O)[C@H](O)[C@H]9O)[C@H](O)[C@H]8O)[C@H](O)[C@H]7O)[C@H](O)[C@H]6O)[C@H](O)[C@H]5O)[C@H](O)[C@H]4O)[C@H](O)[C@H]3O)[C@H](O)[C@H]2O)cc1. The Hall–Kier alpha value is -2.86. The minimum absolute atomic E-state index is 0.0871. The summed E-state index contributed by atoms with van der Waals surface area (Å²) >= 11 is 0. The first-order valence-electron chi connectivity index (χ1n) is 26.0. The highest BCUT2D eigenvalue weighted by Crippen LogP contribution is 2.34. The zero-order valence-corrected chi connectivity index (χ0v) is 42.8. The largest absolute Gasteiger partial charge is 0.462 e. The first-order valence-corrected chi connectivity index (χ1v) is 26.0. The van der Waals surface area contributed by atoms with Crippen molar-refractivity contribution in [2.24, 2.45) is 0 Å². The van der Waals surface area contributed by atoms with Crippen LogP contribution in [0.3, 0.4) is 0 Å². The molecule has 8 aliphatic heterocycles. The number of hydrogen-bond acceptors (Lipinski definition) is 35. The van der Waals surface area contributed by atoms with Crippen molar-refractivity contribution in [3.8, 4) is 5.75 Å². The average molecular weight is 1200 g/mol. The van der Waals surface area contributed by atoms with Gasteiger partial charge < -0.3 is 163 Å². The number of ether oxygens (including phenoxy) is 16. The van der Waals surface area contributed by atoms with Gasteiger partial charge in [0.25, 0.3) is 5.69 Å². The molecule has 0 saturated carbocycles. The molecule has 8 aliphatic rings. The van der Waals surface area contributed by atoms with Crippen LogP contribution >= 0.6 is 0 Å². The van der Waals surface area contributed by atoms with Gasteiger partial charge in [-0.2, -0.15) is 0 Å². The van der Waals surface area contributed by atoms with E-state index in [-0.39, 0.29) is 11.4 Å². The quantitative estimate of drug-likeness (QED) is 0.0509. The number of nitro groups is 1. The molecule has 36 nitrogen and oxygen atoms in total. The highest BCUT2D eigenvalue weighted by atomic mass is 16.8. The van der Waals surface area contributed by atoms with Crippen molar-refractivity contribution >= 4 is 5.69 Å². The third kappa shape index (κ3) is 13.9. The van der Waals surface area contributed by atoms with Gasteiger partial charge >= 0.3 is 0 Å². The van der Waals surface area contributed by atoms with Crippen molar-refractivity contribution in [1.29, 1.82) is 0 Å². The van der Waals surface area contributed by atoms with E-state index in [2.05, 4.69) is 0 Å². The van der Waals surface area contributed by atoms with E-state index in [1.165, 1.54) is 12.1 Å². The molecular formula is C46H69NO35. The van der Waals surface area contributed by atoms with E-state index < -0.39 is 255 Å². The lowest BCUT2D eigenvalue weighted by molar-refractivity contribution is -0.384. The van der Waals surface area contributed by atoms with Gasteiger partial charge in [-0.1, -0.05) is 0 Å². The Kier molecular flexibility index (Phi) is 21.3. The lowest BCUT2D eigenvalue weighted by Gasteiger charge is -2.45. The van der Waals surface area contributed by atoms with Crippen LogP contribution in [0.15, 0.2) is 24.3 Å². The molecule has 17 N–H and O–H groups in total. The number of aliphatic hydroxyl groups is 17. The average Bonchev–Trinajstić information content (AvgIpc) is 3.48. The summed E-state index contributed by atoms with van der Waals surface area (Å²) in [6, 6.07) is 4.85. The molecule has 36 heteroatoms. The summed E-state index contributed by atoms with van der Waals surface area (Å²) in [5, 5.41) is 193. The third-order valence-corrected chi connectivity index (χ3v) is 15.0. The molecule has 8 heterocycles. The van der Waals surface area contributed by atoms with Gasteiger partial charge in [-0.05, 0) is 12.1 Å². The molecule has 468 valence electrons. The monoisotopic (exact) mass is 1200 g/mol. The van der Waals surface area contributed by atoms with Crippen LogP contribution in [0.5, 0.6) is 5.75 Å². The minimum Gasteiger partial charge on any atom is -0.462 e. The van der Waals surface area contributed by atoms with E-state index in [1.807, 2.05) is 0 Å². The summed E-state index contributed by atoms with van der Waals surface area (Å²) < 4.78 is 88.5. The van der Waals surface area contributed by atoms with Crippen LogP contribution in [-0.4, -0.2) is 341 Å². The van der Waals surface area contributed by atoms with Crippen molar-refractivity contribution in [3.63, 3.8) is 0 Å². The van der Waals surface area contributed by atoms with Gasteiger partial charge in [0.05, 0.1) is 57.8 Å². The third-order valence-electron chi connectivity index (χ3n) is 15.0. The first kappa shape index (κ1) is 63.6. The molecule has 0 bridgehead atoms. The zero-order chi connectivity index (χ0) is 59.0. The predicted molar refractivity (Wildman–Crippen MR) is 248 cm³/mol. The van der Waals surface area contributed by atoms with Crippen LogP contribution in [0.4, 0.5) is 5.69 Å². The molecule has 0 aromatic heterocycles. The van der Waals surface area contributed by atoms with Crippen LogP contribution < -0.4 is 4.74 Å². The maximum Gasteiger partial charge on any atom is 0.269 e. The molecule has 0 aliphatic carbocycles. The Bertz CT molecular complexity index is 2180. The van der Waals surface area contributed by atoms with E-state index in [4.69, 9.17) is 75.8 Å². The maximum absolute atomic E-state index is 11.0. The molecule has 82 heavy (non-hydrogen) atoms. The van der Waals surface area contributed by atoms with Gasteiger partial charge in [-0.3, -0.25) is 10.1 Å². The fourth-order valence-corrected chi connectivity index (χ4v) is 9.92. The number of non-ortho nitro benzene ring substituents is 1. The van der Waals surface area contributed by atoms with Crippen LogP contribution in [0.2, 0.25) is 0 Å². The normalized spacial score (nSPS) is 49.7. The van der Waals surface area contributed by atoms with Crippen LogP contribution in [0.1, 0.15) is 0 Å². The van der Waals surface area contributed by atoms with E-state index in [0.29, 0.717) is 0 Å². The van der Waals surface area contributed by atoms with Crippen molar-refractivity contribution < 1.29 is 168 Å². The maximum atomic E-state index is 11.0. The van der Waals surface area contributed by atoms with E-state index in [1.54, 1.807) is 0 Å². The highest BCUT2D eigenvalue weighted by molar-refractivity contribution is 5.36. The number of nitro benzene ring substituents is 1. The van der Waals surface area contributed by atoms with Crippen molar-refractivity contribution in [2.45, 2.75) is 197 Å². The van der Waals surface area contributed by atoms with Crippen LogP contribution in [0, 0.1) is 10.1 Å². The first-order chi connectivity index (χ1) is 39.0. The molecule has 1 aromatic carbocycles. The summed E-state index contributed by atoms with van der Waals surface area (Å²) in [4.78, 5) is 10.3. The van der Waals surface area contributed by atoms with E-state index in [0.717, 1.165) is 12.1 Å². The van der Waals surface area contributed by atoms with Gasteiger partial charge in [0.2, 0.25) is 6.29 Å². The van der Waals surface area contributed by atoms with Gasteiger partial charge in [0, 0.05) is 12.1 Å². The molecule has 0 amide bonds. The lowest BCUT2D eigenvalue weighted by atomic mass is 10.0. The van der Waals surface area contributed by atoms with E-state index >= 15 is 0 Å². The van der Waals surface area contributed by atoms with Gasteiger partial charge in [-0.25, -0.2) is 0 Å². The fraction of sp³-hybridized carbons (Fsp3) is 0.870. The number of rotatable bonds is 17.